The Morgan fingerprint density at radius 2 is 1.87 bits per heavy atom. The largest absolute Gasteiger partial charge is 0.480 e. The lowest BCUT2D eigenvalue weighted by atomic mass is 9.93. The second kappa shape index (κ2) is 10.6. The molecule has 1 aliphatic rings. The fourth-order valence-corrected chi connectivity index (χ4v) is 4.39. The molecule has 1 heterocycles. The van der Waals surface area contributed by atoms with Crippen LogP contribution in [-0.2, 0) is 11.3 Å². The molecule has 160 valence electrons. The number of rotatable bonds is 9. The molecule has 2 aromatic carbocycles. The first-order valence-corrected chi connectivity index (χ1v) is 11.8. The van der Waals surface area contributed by atoms with Gasteiger partial charge in [0.1, 0.15) is 6.04 Å². The summed E-state index contributed by atoms with van der Waals surface area (Å²) in [6.45, 7) is 5.12. The lowest BCUT2D eigenvalue weighted by Crippen LogP contribution is -2.41. The number of hydrogen-bond donors (Lipinski definition) is 2. The van der Waals surface area contributed by atoms with Gasteiger partial charge in [0, 0.05) is 12.1 Å². The molecular formula is C24H30N2O3S. The van der Waals surface area contributed by atoms with E-state index in [1.807, 2.05) is 49.6 Å². The summed E-state index contributed by atoms with van der Waals surface area (Å²) in [4.78, 5) is 27.1. The van der Waals surface area contributed by atoms with E-state index in [4.69, 9.17) is 0 Å². The molecule has 0 radical (unpaired) electrons. The van der Waals surface area contributed by atoms with Gasteiger partial charge in [0.05, 0.1) is 0 Å². The van der Waals surface area contributed by atoms with Gasteiger partial charge in [-0.25, -0.2) is 4.79 Å². The number of nitrogens with one attached hydrogen (secondary N) is 1. The maximum Gasteiger partial charge on any atom is 0.326 e. The van der Waals surface area contributed by atoms with Gasteiger partial charge in [-0.3, -0.25) is 9.69 Å². The first kappa shape index (κ1) is 22.4. The van der Waals surface area contributed by atoms with Crippen LogP contribution in [0, 0.1) is 6.92 Å². The van der Waals surface area contributed by atoms with Gasteiger partial charge in [0.25, 0.3) is 5.91 Å². The second-order valence-electron chi connectivity index (χ2n) is 7.82. The molecule has 1 atom stereocenters. The summed E-state index contributed by atoms with van der Waals surface area (Å²) in [7, 11) is 0. The van der Waals surface area contributed by atoms with Crippen molar-refractivity contribution >= 4 is 23.6 Å². The monoisotopic (exact) mass is 426 g/mol. The third-order valence-corrected chi connectivity index (χ3v) is 6.23. The minimum absolute atomic E-state index is 0.338. The molecule has 1 saturated heterocycles. The van der Waals surface area contributed by atoms with Gasteiger partial charge < -0.3 is 10.4 Å². The van der Waals surface area contributed by atoms with Crippen molar-refractivity contribution in [2.24, 2.45) is 0 Å². The molecule has 0 aliphatic carbocycles. The van der Waals surface area contributed by atoms with Crippen molar-refractivity contribution in [1.29, 1.82) is 0 Å². The standard InChI is InChI=1S/C24H30N2O3S/c1-17-7-3-4-8-19(17)21-15-18(16-26-12-5-6-13-26)9-10-20(21)23(27)25-22(24(28)29)11-14-30-2/h3-4,7-10,15,22H,5-6,11-14,16H2,1-2H3,(H,25,27)(H,28,29). The number of aryl methyl sites for hydroxylation is 1. The molecule has 1 aliphatic heterocycles. The third-order valence-electron chi connectivity index (χ3n) is 5.58. The smallest absolute Gasteiger partial charge is 0.326 e. The number of thioether (sulfide) groups is 1. The maximum atomic E-state index is 13.1. The Kier molecular flexibility index (Phi) is 7.94. The van der Waals surface area contributed by atoms with E-state index < -0.39 is 12.0 Å². The van der Waals surface area contributed by atoms with Crippen LogP contribution in [0.25, 0.3) is 11.1 Å². The molecule has 2 N–H and O–H groups in total. The minimum Gasteiger partial charge on any atom is -0.480 e. The lowest BCUT2D eigenvalue weighted by Gasteiger charge is -2.19. The van der Waals surface area contributed by atoms with Gasteiger partial charge >= 0.3 is 5.97 Å². The number of hydrogen-bond acceptors (Lipinski definition) is 4. The number of carboxylic acid groups (broad SMARTS) is 1. The van der Waals surface area contributed by atoms with Gasteiger partial charge in [-0.05, 0) is 85.7 Å². The number of carboxylic acids is 1. The van der Waals surface area contributed by atoms with Crippen LogP contribution < -0.4 is 5.32 Å². The summed E-state index contributed by atoms with van der Waals surface area (Å²) in [6.07, 6.45) is 4.79. The van der Waals surface area contributed by atoms with E-state index in [2.05, 4.69) is 16.3 Å². The summed E-state index contributed by atoms with van der Waals surface area (Å²) < 4.78 is 0. The Labute approximate surface area is 182 Å². The van der Waals surface area contributed by atoms with E-state index in [9.17, 15) is 14.7 Å². The number of likely N-dealkylation sites (tertiary alicyclic amines) is 1. The molecule has 0 aromatic heterocycles. The SMILES string of the molecule is CSCCC(NC(=O)c1ccc(CN2CCCC2)cc1-c1ccccc1C)C(=O)O. The molecule has 0 bridgehead atoms. The van der Waals surface area contributed by atoms with E-state index in [1.54, 1.807) is 11.8 Å². The number of amides is 1. The topological polar surface area (TPSA) is 69.6 Å². The molecule has 2 aromatic rings. The zero-order chi connectivity index (χ0) is 21.5. The summed E-state index contributed by atoms with van der Waals surface area (Å²) >= 11 is 1.57. The van der Waals surface area contributed by atoms with Crippen molar-refractivity contribution in [2.45, 2.75) is 38.8 Å². The van der Waals surface area contributed by atoms with Gasteiger partial charge in [0.2, 0.25) is 0 Å². The van der Waals surface area contributed by atoms with Crippen molar-refractivity contribution in [3.63, 3.8) is 0 Å². The molecule has 3 rings (SSSR count). The first-order chi connectivity index (χ1) is 14.5. The highest BCUT2D eigenvalue weighted by molar-refractivity contribution is 7.98. The van der Waals surface area contributed by atoms with Crippen LogP contribution in [0.1, 0.15) is 40.7 Å². The highest BCUT2D eigenvalue weighted by Gasteiger charge is 2.23. The summed E-state index contributed by atoms with van der Waals surface area (Å²) in [5.41, 5.74) is 4.63. The number of carbonyl (C=O) groups is 2. The summed E-state index contributed by atoms with van der Waals surface area (Å²) in [5, 5.41) is 12.2. The number of benzene rings is 2. The van der Waals surface area contributed by atoms with Crippen LogP contribution in [0.3, 0.4) is 0 Å². The molecule has 0 spiro atoms. The van der Waals surface area contributed by atoms with E-state index in [-0.39, 0.29) is 5.91 Å². The van der Waals surface area contributed by atoms with Crippen molar-refractivity contribution in [1.82, 2.24) is 10.2 Å². The van der Waals surface area contributed by atoms with Gasteiger partial charge in [-0.1, -0.05) is 30.3 Å². The van der Waals surface area contributed by atoms with Crippen LogP contribution in [0.15, 0.2) is 42.5 Å². The molecule has 1 fully saturated rings. The molecule has 5 nitrogen and oxygen atoms in total. The number of nitrogens with zero attached hydrogens (tertiary/aromatic N) is 1. The normalized spacial score (nSPS) is 15.1. The average Bonchev–Trinajstić information content (AvgIpc) is 3.24. The van der Waals surface area contributed by atoms with Crippen molar-refractivity contribution < 1.29 is 14.7 Å². The zero-order valence-electron chi connectivity index (χ0n) is 17.7. The van der Waals surface area contributed by atoms with Crippen molar-refractivity contribution in [3.05, 3.63) is 59.2 Å². The fourth-order valence-electron chi connectivity index (χ4n) is 3.91. The van der Waals surface area contributed by atoms with Crippen LogP contribution in [0.4, 0.5) is 0 Å². The van der Waals surface area contributed by atoms with Crippen LogP contribution >= 0.6 is 11.8 Å². The molecule has 1 amide bonds. The number of aliphatic carboxylic acids is 1. The zero-order valence-corrected chi connectivity index (χ0v) is 18.5. The Morgan fingerprint density at radius 1 is 1.13 bits per heavy atom. The third kappa shape index (κ3) is 5.64. The molecule has 30 heavy (non-hydrogen) atoms. The van der Waals surface area contributed by atoms with Crippen molar-refractivity contribution in [2.75, 3.05) is 25.1 Å². The summed E-state index contributed by atoms with van der Waals surface area (Å²) in [5.74, 6) is -0.661. The predicted molar refractivity (Wildman–Crippen MR) is 123 cm³/mol. The van der Waals surface area contributed by atoms with Crippen LogP contribution in [0.5, 0.6) is 0 Å². The van der Waals surface area contributed by atoms with Crippen LogP contribution in [-0.4, -0.2) is 53.0 Å². The van der Waals surface area contributed by atoms with Crippen molar-refractivity contribution in [3.8, 4) is 11.1 Å². The average molecular weight is 427 g/mol. The van der Waals surface area contributed by atoms with Gasteiger partial charge in [-0.15, -0.1) is 0 Å². The molecule has 0 saturated carbocycles. The quantitative estimate of drug-likeness (QED) is 0.629. The Morgan fingerprint density at radius 3 is 2.53 bits per heavy atom. The maximum absolute atomic E-state index is 13.1. The van der Waals surface area contributed by atoms with E-state index in [0.717, 1.165) is 36.3 Å². The van der Waals surface area contributed by atoms with Gasteiger partial charge in [-0.2, -0.15) is 11.8 Å². The van der Waals surface area contributed by atoms with Crippen LogP contribution in [0.2, 0.25) is 0 Å². The number of carbonyl (C=O) groups excluding carboxylic acids is 1. The molecule has 6 heteroatoms. The minimum atomic E-state index is -1.000. The summed E-state index contributed by atoms with van der Waals surface area (Å²) in [6, 6.07) is 13.0. The fraction of sp³-hybridized carbons (Fsp3) is 0.417. The Balaban J connectivity index is 1.92. The Hall–Kier alpha value is -2.31. The second-order valence-corrected chi connectivity index (χ2v) is 8.81. The van der Waals surface area contributed by atoms with Gasteiger partial charge in [0.15, 0.2) is 0 Å². The highest BCUT2D eigenvalue weighted by Crippen LogP contribution is 2.29. The van der Waals surface area contributed by atoms with E-state index in [0.29, 0.717) is 17.7 Å². The predicted octanol–water partition coefficient (Wildman–Crippen LogP) is 4.19. The Bertz CT molecular complexity index is 894. The van der Waals surface area contributed by atoms with E-state index >= 15 is 0 Å². The highest BCUT2D eigenvalue weighted by atomic mass is 32.2. The van der Waals surface area contributed by atoms with E-state index in [1.165, 1.54) is 18.4 Å². The molecular weight excluding hydrogens is 396 g/mol. The first-order valence-electron chi connectivity index (χ1n) is 10.4. The lowest BCUT2D eigenvalue weighted by molar-refractivity contribution is -0.139. The molecule has 1 unspecified atom stereocenters.